The molecule has 3 heteroatoms. The van der Waals surface area contributed by atoms with E-state index in [0.717, 1.165) is 35.9 Å². The fourth-order valence-electron chi connectivity index (χ4n) is 2.26. The molecule has 1 N–H and O–H groups in total. The fraction of sp³-hybridized carbons (Fsp3) is 0.571. The van der Waals surface area contributed by atoms with E-state index in [1.165, 1.54) is 12.8 Å². The molecule has 1 saturated carbocycles. The highest BCUT2D eigenvalue weighted by molar-refractivity contribution is 9.10. The summed E-state index contributed by atoms with van der Waals surface area (Å²) >= 11 is 3.40. The quantitative estimate of drug-likeness (QED) is 0.897. The second kappa shape index (κ2) is 6.41. The molecule has 94 valence electrons. The largest absolute Gasteiger partial charge is 0.488 e. The Labute approximate surface area is 111 Å². The molecule has 17 heavy (non-hydrogen) atoms. The number of benzene rings is 1. The highest BCUT2D eigenvalue weighted by Gasteiger charge is 2.22. The van der Waals surface area contributed by atoms with Gasteiger partial charge in [-0.15, -0.1) is 0 Å². The lowest BCUT2D eigenvalue weighted by Crippen LogP contribution is -2.32. The number of rotatable bonds is 2. The minimum Gasteiger partial charge on any atom is -0.488 e. The molecular weight excluding hydrogens is 280 g/mol. The molecule has 0 bridgehead atoms. The van der Waals surface area contributed by atoms with Gasteiger partial charge in [-0.1, -0.05) is 35.2 Å². The molecule has 2 rings (SSSR count). The van der Waals surface area contributed by atoms with Crippen molar-refractivity contribution in [1.82, 2.24) is 0 Å². The van der Waals surface area contributed by atoms with Gasteiger partial charge in [0.15, 0.2) is 0 Å². The Morgan fingerprint density at radius 2 is 1.65 bits per heavy atom. The number of ether oxygens (including phenoxy) is 1. The monoisotopic (exact) mass is 298 g/mol. The van der Waals surface area contributed by atoms with Crippen LogP contribution in [0.1, 0.15) is 38.5 Å². The van der Waals surface area contributed by atoms with Crippen LogP contribution in [0.2, 0.25) is 0 Å². The summed E-state index contributed by atoms with van der Waals surface area (Å²) < 4.78 is 6.93. The minimum atomic E-state index is -0.320. The summed E-state index contributed by atoms with van der Waals surface area (Å²) in [7, 11) is 0. The van der Waals surface area contributed by atoms with Crippen molar-refractivity contribution in [2.75, 3.05) is 0 Å². The number of hydrogen-bond acceptors (Lipinski definition) is 2. The Morgan fingerprint density at radius 1 is 1.00 bits per heavy atom. The van der Waals surface area contributed by atoms with Gasteiger partial charge in [0.1, 0.15) is 11.9 Å². The first-order chi connectivity index (χ1) is 8.25. The SMILES string of the molecule is O[C@H]1CCCCCC[C@H]1Oc1ccc(Br)cc1. The second-order valence-electron chi connectivity index (χ2n) is 4.67. The summed E-state index contributed by atoms with van der Waals surface area (Å²) in [4.78, 5) is 0. The third-order valence-corrected chi connectivity index (χ3v) is 3.80. The van der Waals surface area contributed by atoms with E-state index in [2.05, 4.69) is 15.9 Å². The van der Waals surface area contributed by atoms with Gasteiger partial charge in [0.05, 0.1) is 6.10 Å². The summed E-state index contributed by atoms with van der Waals surface area (Å²) in [5, 5.41) is 10.1. The van der Waals surface area contributed by atoms with Gasteiger partial charge in [-0.3, -0.25) is 0 Å². The van der Waals surface area contributed by atoms with Gasteiger partial charge >= 0.3 is 0 Å². The van der Waals surface area contributed by atoms with E-state index in [1.54, 1.807) is 0 Å². The molecule has 2 atom stereocenters. The average Bonchev–Trinajstić information content (AvgIpc) is 2.31. The standard InChI is InChI=1S/C14H19BrO2/c15-11-7-9-12(10-8-11)17-14-6-4-2-1-3-5-13(14)16/h7-10,13-14,16H,1-6H2/t13-,14+/m0/s1. The number of halogens is 1. The molecule has 0 radical (unpaired) electrons. The lowest BCUT2D eigenvalue weighted by molar-refractivity contribution is 0.0187. The van der Waals surface area contributed by atoms with Crippen LogP contribution in [0.3, 0.4) is 0 Å². The zero-order chi connectivity index (χ0) is 12.1. The highest BCUT2D eigenvalue weighted by Crippen LogP contribution is 2.24. The predicted molar refractivity (Wildman–Crippen MR) is 72.3 cm³/mol. The van der Waals surface area contributed by atoms with Crippen molar-refractivity contribution in [2.24, 2.45) is 0 Å². The Hall–Kier alpha value is -0.540. The van der Waals surface area contributed by atoms with E-state index in [-0.39, 0.29) is 12.2 Å². The van der Waals surface area contributed by atoms with E-state index >= 15 is 0 Å². The van der Waals surface area contributed by atoms with Gasteiger partial charge in [0, 0.05) is 4.47 Å². The molecule has 0 amide bonds. The molecule has 0 saturated heterocycles. The van der Waals surface area contributed by atoms with E-state index in [0.29, 0.717) is 0 Å². The minimum absolute atomic E-state index is 0.0449. The van der Waals surface area contributed by atoms with E-state index in [9.17, 15) is 5.11 Å². The first-order valence-electron chi connectivity index (χ1n) is 6.36. The maximum atomic E-state index is 10.1. The normalized spacial score (nSPS) is 26.0. The van der Waals surface area contributed by atoms with Gasteiger partial charge in [-0.05, 0) is 43.5 Å². The predicted octanol–water partition coefficient (Wildman–Crippen LogP) is 3.91. The first kappa shape index (κ1) is 12.9. The van der Waals surface area contributed by atoms with Crippen molar-refractivity contribution < 1.29 is 9.84 Å². The van der Waals surface area contributed by atoms with Crippen molar-refractivity contribution >= 4 is 15.9 Å². The Bertz CT molecular complexity index is 337. The van der Waals surface area contributed by atoms with Gasteiger partial charge in [-0.2, -0.15) is 0 Å². The van der Waals surface area contributed by atoms with Crippen molar-refractivity contribution in [2.45, 2.75) is 50.7 Å². The molecule has 0 aliphatic heterocycles. The zero-order valence-corrected chi connectivity index (χ0v) is 11.5. The molecule has 1 aliphatic carbocycles. The van der Waals surface area contributed by atoms with E-state index in [4.69, 9.17) is 4.74 Å². The zero-order valence-electron chi connectivity index (χ0n) is 9.94. The van der Waals surface area contributed by atoms with Crippen molar-refractivity contribution in [3.05, 3.63) is 28.7 Å². The van der Waals surface area contributed by atoms with E-state index in [1.807, 2.05) is 24.3 Å². The molecule has 1 aromatic rings. The Morgan fingerprint density at radius 3 is 2.35 bits per heavy atom. The van der Waals surface area contributed by atoms with Crippen LogP contribution in [-0.2, 0) is 0 Å². The molecule has 0 heterocycles. The molecular formula is C14H19BrO2. The van der Waals surface area contributed by atoms with Crippen LogP contribution in [-0.4, -0.2) is 17.3 Å². The number of hydrogen-bond donors (Lipinski definition) is 1. The Kier molecular flexibility index (Phi) is 4.86. The van der Waals surface area contributed by atoms with Crippen molar-refractivity contribution in [3.63, 3.8) is 0 Å². The summed E-state index contributed by atoms with van der Waals surface area (Å²) in [6, 6.07) is 7.81. The number of aliphatic hydroxyl groups is 1. The molecule has 0 spiro atoms. The summed E-state index contributed by atoms with van der Waals surface area (Å²) in [5.74, 6) is 0.845. The first-order valence-corrected chi connectivity index (χ1v) is 7.15. The van der Waals surface area contributed by atoms with Crippen LogP contribution in [0.15, 0.2) is 28.7 Å². The maximum absolute atomic E-state index is 10.1. The molecule has 0 unspecified atom stereocenters. The second-order valence-corrected chi connectivity index (χ2v) is 5.58. The Balaban J connectivity index is 1.97. The topological polar surface area (TPSA) is 29.5 Å². The van der Waals surface area contributed by atoms with Gasteiger partial charge in [-0.25, -0.2) is 0 Å². The van der Waals surface area contributed by atoms with Gasteiger partial charge in [0.2, 0.25) is 0 Å². The van der Waals surface area contributed by atoms with Gasteiger partial charge < -0.3 is 9.84 Å². The lowest BCUT2D eigenvalue weighted by atomic mass is 9.96. The van der Waals surface area contributed by atoms with Crippen LogP contribution >= 0.6 is 15.9 Å². The maximum Gasteiger partial charge on any atom is 0.124 e. The lowest BCUT2D eigenvalue weighted by Gasteiger charge is -2.26. The third-order valence-electron chi connectivity index (χ3n) is 3.27. The fourth-order valence-corrected chi connectivity index (χ4v) is 2.52. The molecule has 2 nitrogen and oxygen atoms in total. The van der Waals surface area contributed by atoms with Crippen LogP contribution in [0.25, 0.3) is 0 Å². The molecule has 1 fully saturated rings. The van der Waals surface area contributed by atoms with Crippen LogP contribution in [0.5, 0.6) is 5.75 Å². The van der Waals surface area contributed by atoms with Crippen LogP contribution in [0, 0.1) is 0 Å². The number of aliphatic hydroxyl groups excluding tert-OH is 1. The van der Waals surface area contributed by atoms with E-state index < -0.39 is 0 Å². The highest BCUT2D eigenvalue weighted by atomic mass is 79.9. The van der Waals surface area contributed by atoms with Gasteiger partial charge in [0.25, 0.3) is 0 Å². The molecule has 0 aromatic heterocycles. The average molecular weight is 299 g/mol. The molecule has 1 aromatic carbocycles. The van der Waals surface area contributed by atoms with Crippen molar-refractivity contribution in [1.29, 1.82) is 0 Å². The van der Waals surface area contributed by atoms with Crippen LogP contribution < -0.4 is 4.74 Å². The molecule has 1 aliphatic rings. The third kappa shape index (κ3) is 4.00. The summed E-state index contributed by atoms with van der Waals surface area (Å²) in [6.45, 7) is 0. The smallest absolute Gasteiger partial charge is 0.124 e. The summed E-state index contributed by atoms with van der Waals surface area (Å²) in [6.07, 6.45) is 6.21. The van der Waals surface area contributed by atoms with Crippen molar-refractivity contribution in [3.8, 4) is 5.75 Å². The van der Waals surface area contributed by atoms with Crippen LogP contribution in [0.4, 0.5) is 0 Å². The summed E-state index contributed by atoms with van der Waals surface area (Å²) in [5.41, 5.74) is 0.